The topological polar surface area (TPSA) is 17.8 Å². The average molecular weight is 272 g/mol. The summed E-state index contributed by atoms with van der Waals surface area (Å²) >= 11 is 2.20. The van der Waals surface area contributed by atoms with Crippen LogP contribution in [-0.2, 0) is 0 Å². The van der Waals surface area contributed by atoms with Gasteiger partial charge in [-0.2, -0.15) is 5.10 Å². The van der Waals surface area contributed by atoms with Crippen molar-refractivity contribution < 1.29 is 0 Å². The zero-order valence-electron chi connectivity index (χ0n) is 7.00. The van der Waals surface area contributed by atoms with Gasteiger partial charge in [0.2, 0.25) is 0 Å². The fourth-order valence-electron chi connectivity index (χ4n) is 1.51. The van der Waals surface area contributed by atoms with Crippen LogP contribution >= 0.6 is 22.9 Å². The van der Waals surface area contributed by atoms with E-state index in [-0.39, 0.29) is 0 Å². The second kappa shape index (κ2) is 2.73. The van der Waals surface area contributed by atoms with Gasteiger partial charge in [-0.15, -0.1) is 0 Å². The van der Waals surface area contributed by atoms with Crippen LogP contribution in [0, 0.1) is 13.8 Å². The number of rotatable bonds is 0. The summed E-state index contributed by atoms with van der Waals surface area (Å²) in [7, 11) is 0. The van der Waals surface area contributed by atoms with Gasteiger partial charge in [-0.3, -0.25) is 0 Å². The first kappa shape index (κ1) is 8.04. The molecule has 0 saturated carbocycles. The van der Waals surface area contributed by atoms with Crippen LogP contribution in [0.5, 0.6) is 0 Å². The fourth-order valence-corrected chi connectivity index (χ4v) is 2.30. The molecule has 0 N–H and O–H groups in total. The van der Waals surface area contributed by atoms with E-state index < -0.39 is 0 Å². The predicted octanol–water partition coefficient (Wildman–Crippen LogP) is 2.85. The van der Waals surface area contributed by atoms with Crippen LogP contribution in [0.1, 0.15) is 11.1 Å². The maximum atomic E-state index is 4.20. The van der Waals surface area contributed by atoms with Gasteiger partial charge < -0.3 is 0 Å². The molecular weight excluding hydrogens is 263 g/mol. The molecule has 2 nitrogen and oxygen atoms in total. The molecule has 0 unspecified atom stereocenters. The zero-order chi connectivity index (χ0) is 8.72. The van der Waals surface area contributed by atoms with Crippen molar-refractivity contribution in [2.75, 3.05) is 0 Å². The van der Waals surface area contributed by atoms with E-state index in [0.717, 1.165) is 0 Å². The Morgan fingerprint density at radius 1 is 1.33 bits per heavy atom. The van der Waals surface area contributed by atoms with Gasteiger partial charge in [0.15, 0.2) is 0 Å². The molecule has 0 spiro atoms. The van der Waals surface area contributed by atoms with Gasteiger partial charge in [0.25, 0.3) is 0 Å². The van der Waals surface area contributed by atoms with Crippen molar-refractivity contribution in [1.29, 1.82) is 0 Å². The number of halogens is 1. The van der Waals surface area contributed by atoms with Crippen LogP contribution in [0.3, 0.4) is 0 Å². The molecule has 0 bridgehead atoms. The van der Waals surface area contributed by atoms with Gasteiger partial charge in [-0.25, -0.2) is 2.90 Å². The third-order valence-electron chi connectivity index (χ3n) is 1.96. The molecule has 1 aromatic carbocycles. The van der Waals surface area contributed by atoms with E-state index in [2.05, 4.69) is 53.9 Å². The second-order valence-electron chi connectivity index (χ2n) is 3.02. The lowest BCUT2D eigenvalue weighted by molar-refractivity contribution is 1.08. The fraction of sp³-hybridized carbons (Fsp3) is 0.222. The molecule has 0 aliphatic carbocycles. The van der Waals surface area contributed by atoms with Crippen molar-refractivity contribution in [3.63, 3.8) is 0 Å². The van der Waals surface area contributed by atoms with Crippen molar-refractivity contribution in [3.8, 4) is 0 Å². The number of hydrogen-bond donors (Lipinski definition) is 0. The number of nitrogens with zero attached hydrogens (tertiary/aromatic N) is 2. The van der Waals surface area contributed by atoms with Crippen molar-refractivity contribution in [3.05, 3.63) is 29.5 Å². The minimum absolute atomic E-state index is 1.22. The molecule has 0 atom stereocenters. The highest BCUT2D eigenvalue weighted by atomic mass is 127. The van der Waals surface area contributed by atoms with E-state index >= 15 is 0 Å². The molecule has 0 saturated heterocycles. The van der Waals surface area contributed by atoms with Crippen LogP contribution in [-0.4, -0.2) is 7.99 Å². The highest BCUT2D eigenvalue weighted by Crippen LogP contribution is 2.21. The van der Waals surface area contributed by atoms with Crippen molar-refractivity contribution in [1.82, 2.24) is 7.99 Å². The number of aromatic nitrogens is 2. The van der Waals surface area contributed by atoms with Crippen molar-refractivity contribution in [2.24, 2.45) is 0 Å². The SMILES string of the molecule is Cc1cc(C)c2c(cnn2I)c1. The van der Waals surface area contributed by atoms with Gasteiger partial charge in [0.1, 0.15) is 0 Å². The maximum absolute atomic E-state index is 4.20. The zero-order valence-corrected chi connectivity index (χ0v) is 9.16. The number of hydrogen-bond acceptors (Lipinski definition) is 1. The first-order valence-corrected chi connectivity index (χ1v) is 4.76. The van der Waals surface area contributed by atoms with E-state index in [1.165, 1.54) is 22.0 Å². The third-order valence-corrected chi connectivity index (χ3v) is 2.69. The molecule has 0 fully saturated rings. The van der Waals surface area contributed by atoms with E-state index in [0.29, 0.717) is 0 Å². The Hall–Kier alpha value is -0.580. The molecule has 0 radical (unpaired) electrons. The molecule has 1 aromatic heterocycles. The summed E-state index contributed by atoms with van der Waals surface area (Å²) in [4.78, 5) is 0. The van der Waals surface area contributed by atoms with Gasteiger partial charge >= 0.3 is 0 Å². The van der Waals surface area contributed by atoms with Crippen molar-refractivity contribution in [2.45, 2.75) is 13.8 Å². The van der Waals surface area contributed by atoms with Gasteiger partial charge in [-0.1, -0.05) is 11.6 Å². The summed E-state index contributed by atoms with van der Waals surface area (Å²) in [6.07, 6.45) is 1.90. The Bertz CT molecular complexity index is 431. The van der Waals surface area contributed by atoms with Crippen LogP contribution in [0.4, 0.5) is 0 Å². The van der Waals surface area contributed by atoms with Crippen LogP contribution < -0.4 is 0 Å². The van der Waals surface area contributed by atoms with E-state index in [4.69, 9.17) is 0 Å². The molecule has 1 heterocycles. The van der Waals surface area contributed by atoms with E-state index in [1.54, 1.807) is 0 Å². The van der Waals surface area contributed by atoms with Gasteiger partial charge in [0.05, 0.1) is 34.6 Å². The minimum atomic E-state index is 1.22. The van der Waals surface area contributed by atoms with Crippen LogP contribution in [0.2, 0.25) is 0 Å². The molecular formula is C9H9IN2. The highest BCUT2D eigenvalue weighted by molar-refractivity contribution is 14.1. The van der Waals surface area contributed by atoms with E-state index in [1.807, 2.05) is 9.09 Å². The van der Waals surface area contributed by atoms with Crippen molar-refractivity contribution >= 4 is 33.8 Å². The second-order valence-corrected chi connectivity index (χ2v) is 3.94. The molecule has 12 heavy (non-hydrogen) atoms. The average Bonchev–Trinajstić information content (AvgIpc) is 2.31. The van der Waals surface area contributed by atoms with Gasteiger partial charge in [0, 0.05) is 5.39 Å². The summed E-state index contributed by atoms with van der Waals surface area (Å²) in [6.45, 7) is 4.23. The first-order valence-electron chi connectivity index (χ1n) is 3.79. The minimum Gasteiger partial charge on any atom is -0.203 e. The van der Waals surface area contributed by atoms with Gasteiger partial charge in [-0.05, 0) is 25.5 Å². The smallest absolute Gasteiger partial charge is 0.0851 e. The molecule has 0 aliphatic heterocycles. The number of fused-ring (bicyclic) bond motifs is 1. The van der Waals surface area contributed by atoms with Crippen LogP contribution in [0.15, 0.2) is 18.3 Å². The predicted molar refractivity (Wildman–Crippen MR) is 58.6 cm³/mol. The Morgan fingerprint density at radius 3 is 2.83 bits per heavy atom. The Labute approximate surface area is 85.1 Å². The van der Waals surface area contributed by atoms with E-state index in [9.17, 15) is 0 Å². The number of aryl methyl sites for hydroxylation is 2. The largest absolute Gasteiger partial charge is 0.203 e. The summed E-state index contributed by atoms with van der Waals surface area (Å²) in [5, 5.41) is 5.42. The Kier molecular flexibility index (Phi) is 1.83. The lowest BCUT2D eigenvalue weighted by Gasteiger charge is -1.99. The van der Waals surface area contributed by atoms with Crippen LogP contribution in [0.25, 0.3) is 10.9 Å². The summed E-state index contributed by atoms with van der Waals surface area (Å²) in [5.74, 6) is 0. The number of benzene rings is 1. The maximum Gasteiger partial charge on any atom is 0.0851 e. The monoisotopic (exact) mass is 272 g/mol. The highest BCUT2D eigenvalue weighted by Gasteiger charge is 2.03. The summed E-state index contributed by atoms with van der Waals surface area (Å²) in [5.41, 5.74) is 3.81. The molecule has 2 aromatic rings. The lowest BCUT2D eigenvalue weighted by Crippen LogP contribution is -1.84. The summed E-state index contributed by atoms with van der Waals surface area (Å²) < 4.78 is 1.89. The quantitative estimate of drug-likeness (QED) is 0.674. The Morgan fingerprint density at radius 2 is 2.08 bits per heavy atom. The standard InChI is InChI=1S/C9H9IN2/c1-6-3-7(2)9-8(4-6)5-11-12(9)10/h3-5H,1-2H3. The normalized spacial score (nSPS) is 10.9. The molecule has 3 heteroatoms. The lowest BCUT2D eigenvalue weighted by atomic mass is 10.1. The molecule has 62 valence electrons. The third kappa shape index (κ3) is 1.12. The first-order chi connectivity index (χ1) is 5.68. The molecule has 0 aliphatic rings. The molecule has 0 amide bonds. The molecule has 2 rings (SSSR count). The summed E-state index contributed by atoms with van der Waals surface area (Å²) in [6, 6.07) is 4.34. The Balaban J connectivity index is 2.93.